The Balaban J connectivity index is 1.61. The van der Waals surface area contributed by atoms with Crippen LogP contribution in [0, 0.1) is 6.92 Å². The summed E-state index contributed by atoms with van der Waals surface area (Å²) in [4.78, 5) is 2.33. The van der Waals surface area contributed by atoms with Crippen molar-refractivity contribution in [3.63, 3.8) is 0 Å². The van der Waals surface area contributed by atoms with Gasteiger partial charge in [-0.2, -0.15) is 5.10 Å². The molecule has 1 saturated carbocycles. The van der Waals surface area contributed by atoms with Crippen molar-refractivity contribution < 1.29 is 19.3 Å². The summed E-state index contributed by atoms with van der Waals surface area (Å²) in [5.41, 5.74) is 2.57. The van der Waals surface area contributed by atoms with Crippen molar-refractivity contribution in [3.8, 4) is 23.1 Å². The van der Waals surface area contributed by atoms with E-state index in [4.69, 9.17) is 19.3 Å². The topological polar surface area (TPSA) is 69.0 Å². The number of methoxy groups -OCH3 is 1. The minimum atomic E-state index is -0.565. The van der Waals surface area contributed by atoms with Gasteiger partial charge < -0.3 is 19.3 Å². The zero-order valence-electron chi connectivity index (χ0n) is 21.4. The van der Waals surface area contributed by atoms with Gasteiger partial charge in [0.1, 0.15) is 11.5 Å². The third-order valence-corrected chi connectivity index (χ3v) is 5.99. The Morgan fingerprint density at radius 2 is 1.71 bits per heavy atom. The molecular formula is C28H37N3O4. The van der Waals surface area contributed by atoms with E-state index in [0.29, 0.717) is 37.4 Å². The van der Waals surface area contributed by atoms with E-state index in [0.717, 1.165) is 35.5 Å². The molecule has 2 aromatic carbocycles. The van der Waals surface area contributed by atoms with Gasteiger partial charge in [0.25, 0.3) is 0 Å². The van der Waals surface area contributed by atoms with Crippen LogP contribution in [-0.4, -0.2) is 57.8 Å². The van der Waals surface area contributed by atoms with Crippen LogP contribution in [0.4, 0.5) is 0 Å². The van der Waals surface area contributed by atoms with Crippen LogP contribution in [0.2, 0.25) is 0 Å². The van der Waals surface area contributed by atoms with Crippen molar-refractivity contribution in [3.05, 3.63) is 65.9 Å². The molecule has 1 heterocycles. The molecule has 1 fully saturated rings. The van der Waals surface area contributed by atoms with Gasteiger partial charge in [-0.1, -0.05) is 18.2 Å². The predicted molar refractivity (Wildman–Crippen MR) is 137 cm³/mol. The van der Waals surface area contributed by atoms with E-state index in [1.807, 2.05) is 87.0 Å². The van der Waals surface area contributed by atoms with Gasteiger partial charge in [0, 0.05) is 19.1 Å². The highest BCUT2D eigenvalue weighted by molar-refractivity contribution is 5.44. The fourth-order valence-electron chi connectivity index (χ4n) is 3.98. The van der Waals surface area contributed by atoms with E-state index in [1.165, 1.54) is 0 Å². The zero-order valence-corrected chi connectivity index (χ0v) is 21.4. The SMILES string of the molecule is COc1ccc(Oc2c(CN(CC(O)COC(C)(C)C)C3CC3)c(C)nn2-c2ccccc2)cc1. The van der Waals surface area contributed by atoms with Crippen LogP contribution in [-0.2, 0) is 11.3 Å². The summed E-state index contributed by atoms with van der Waals surface area (Å²) in [5.74, 6) is 2.17. The minimum absolute atomic E-state index is 0.280. The van der Waals surface area contributed by atoms with Crippen molar-refractivity contribution in [2.75, 3.05) is 20.3 Å². The molecule has 1 N–H and O–H groups in total. The molecule has 1 aliphatic carbocycles. The van der Waals surface area contributed by atoms with Crippen LogP contribution in [0.15, 0.2) is 54.6 Å². The summed E-state index contributed by atoms with van der Waals surface area (Å²) < 4.78 is 19.4. The molecule has 0 aliphatic heterocycles. The summed E-state index contributed by atoms with van der Waals surface area (Å²) in [7, 11) is 1.65. The Bertz CT molecular complexity index is 1090. The Morgan fingerprint density at radius 1 is 1.06 bits per heavy atom. The van der Waals surface area contributed by atoms with E-state index in [9.17, 15) is 5.11 Å². The first kappa shape index (κ1) is 25.2. The maximum atomic E-state index is 10.7. The third kappa shape index (κ3) is 6.84. The van der Waals surface area contributed by atoms with Crippen molar-refractivity contribution in [2.24, 2.45) is 0 Å². The quantitative estimate of drug-likeness (QED) is 0.412. The van der Waals surface area contributed by atoms with Gasteiger partial charge in [-0.25, -0.2) is 4.68 Å². The Morgan fingerprint density at radius 3 is 2.31 bits per heavy atom. The lowest BCUT2D eigenvalue weighted by Gasteiger charge is -2.27. The molecule has 0 saturated heterocycles. The van der Waals surface area contributed by atoms with Gasteiger partial charge >= 0.3 is 0 Å². The fourth-order valence-corrected chi connectivity index (χ4v) is 3.98. The summed E-state index contributed by atoms with van der Waals surface area (Å²) >= 11 is 0. The van der Waals surface area contributed by atoms with Crippen molar-refractivity contribution in [2.45, 2.75) is 64.8 Å². The Labute approximate surface area is 208 Å². The normalized spacial score (nSPS) is 14.8. The molecule has 0 radical (unpaired) electrons. The number of aromatic nitrogens is 2. The summed E-state index contributed by atoms with van der Waals surface area (Å²) in [6.07, 6.45) is 1.70. The Hall–Kier alpha value is -2.87. The highest BCUT2D eigenvalue weighted by atomic mass is 16.5. The van der Waals surface area contributed by atoms with Crippen LogP contribution < -0.4 is 9.47 Å². The number of hydrogen-bond donors (Lipinski definition) is 1. The van der Waals surface area contributed by atoms with Crippen LogP contribution in [0.5, 0.6) is 17.4 Å². The summed E-state index contributed by atoms with van der Waals surface area (Å²) in [5, 5.41) is 15.6. The van der Waals surface area contributed by atoms with E-state index in [2.05, 4.69) is 4.90 Å². The number of aliphatic hydroxyl groups is 1. The highest BCUT2D eigenvalue weighted by Crippen LogP contribution is 2.35. The maximum Gasteiger partial charge on any atom is 0.227 e. The van der Waals surface area contributed by atoms with E-state index >= 15 is 0 Å². The maximum absolute atomic E-state index is 10.7. The lowest BCUT2D eigenvalue weighted by molar-refractivity contribution is -0.0573. The molecule has 1 aliphatic rings. The summed E-state index contributed by atoms with van der Waals surface area (Å²) in [6, 6.07) is 18.0. The number of rotatable bonds is 11. The molecule has 1 atom stereocenters. The minimum Gasteiger partial charge on any atom is -0.497 e. The number of ether oxygens (including phenoxy) is 3. The van der Waals surface area contributed by atoms with Crippen molar-refractivity contribution >= 4 is 0 Å². The number of aryl methyl sites for hydroxylation is 1. The smallest absolute Gasteiger partial charge is 0.227 e. The monoisotopic (exact) mass is 479 g/mol. The van der Waals surface area contributed by atoms with Gasteiger partial charge in [0.05, 0.1) is 42.4 Å². The molecule has 3 aromatic rings. The standard InChI is InChI=1S/C28H37N3O4/c1-20-26(18-30(21-11-12-21)17-23(32)19-34-28(2,3)4)27(31(29-20)22-9-7-6-8-10-22)35-25-15-13-24(33-5)14-16-25/h6-10,13-16,21,23,32H,11-12,17-19H2,1-5H3. The molecule has 35 heavy (non-hydrogen) atoms. The van der Waals surface area contributed by atoms with E-state index in [-0.39, 0.29) is 5.60 Å². The third-order valence-electron chi connectivity index (χ3n) is 5.99. The summed E-state index contributed by atoms with van der Waals surface area (Å²) in [6.45, 7) is 9.51. The van der Waals surface area contributed by atoms with Gasteiger partial charge in [-0.05, 0) is 76.9 Å². The second-order valence-electron chi connectivity index (χ2n) is 10.1. The first-order valence-corrected chi connectivity index (χ1v) is 12.3. The molecular weight excluding hydrogens is 442 g/mol. The molecule has 0 amide bonds. The molecule has 7 heteroatoms. The molecule has 1 aromatic heterocycles. The van der Waals surface area contributed by atoms with E-state index < -0.39 is 6.10 Å². The molecule has 7 nitrogen and oxygen atoms in total. The van der Waals surface area contributed by atoms with Gasteiger partial charge in [-0.3, -0.25) is 4.90 Å². The number of para-hydroxylation sites is 1. The van der Waals surface area contributed by atoms with Gasteiger partial charge in [0.15, 0.2) is 0 Å². The number of benzene rings is 2. The molecule has 0 bridgehead atoms. The van der Waals surface area contributed by atoms with Crippen LogP contribution in [0.1, 0.15) is 44.9 Å². The second kappa shape index (κ2) is 10.8. The second-order valence-corrected chi connectivity index (χ2v) is 10.1. The van der Waals surface area contributed by atoms with Crippen LogP contribution in [0.3, 0.4) is 0 Å². The molecule has 188 valence electrons. The van der Waals surface area contributed by atoms with Gasteiger partial charge in [-0.15, -0.1) is 0 Å². The number of nitrogens with zero attached hydrogens (tertiary/aromatic N) is 3. The molecule has 0 spiro atoms. The number of aliphatic hydroxyl groups excluding tert-OH is 1. The van der Waals surface area contributed by atoms with E-state index in [1.54, 1.807) is 7.11 Å². The lowest BCUT2D eigenvalue weighted by atomic mass is 10.2. The van der Waals surface area contributed by atoms with Crippen molar-refractivity contribution in [1.82, 2.24) is 14.7 Å². The van der Waals surface area contributed by atoms with Gasteiger partial charge in [0.2, 0.25) is 5.88 Å². The average Bonchev–Trinajstić information content (AvgIpc) is 3.64. The fraction of sp³-hybridized carbons (Fsp3) is 0.464. The first-order chi connectivity index (χ1) is 16.7. The zero-order chi connectivity index (χ0) is 25.0. The lowest BCUT2D eigenvalue weighted by Crippen LogP contribution is -2.38. The van der Waals surface area contributed by atoms with Crippen LogP contribution >= 0.6 is 0 Å². The Kier molecular flexibility index (Phi) is 7.79. The highest BCUT2D eigenvalue weighted by Gasteiger charge is 2.33. The molecule has 1 unspecified atom stereocenters. The average molecular weight is 480 g/mol. The predicted octanol–water partition coefficient (Wildman–Crippen LogP) is 5.12. The molecule has 4 rings (SSSR count). The largest absolute Gasteiger partial charge is 0.497 e. The number of hydrogen-bond acceptors (Lipinski definition) is 6. The van der Waals surface area contributed by atoms with Crippen LogP contribution in [0.25, 0.3) is 5.69 Å². The van der Waals surface area contributed by atoms with Crippen molar-refractivity contribution in [1.29, 1.82) is 0 Å². The first-order valence-electron chi connectivity index (χ1n) is 12.3.